The van der Waals surface area contributed by atoms with Crippen LogP contribution in [0.2, 0.25) is 0 Å². The fraction of sp³-hybridized carbons (Fsp3) is 0.179. The monoisotopic (exact) mass is 545 g/mol. The van der Waals surface area contributed by atoms with Crippen LogP contribution in [0.25, 0.3) is 17.1 Å². The number of carbonyl (C=O) groups is 2. The largest absolute Gasteiger partial charge is 0.497 e. The number of benzene rings is 3. The van der Waals surface area contributed by atoms with Crippen LogP contribution in [0, 0.1) is 6.92 Å². The standard InChI is InChI=1S/C28H27N5O5S/c1-18-5-10-22(11-6-18)33-27(21-8-12-23(36-3)13-9-21)31-32-28(33)39-17-26(35)30-29-16-20-7-14-24(38-19(2)34)25(15-20)37-4/h5-16H,17H2,1-4H3,(H,30,35)/b29-16+. The van der Waals surface area contributed by atoms with E-state index in [0.29, 0.717) is 28.0 Å². The zero-order valence-corrected chi connectivity index (χ0v) is 22.7. The van der Waals surface area contributed by atoms with E-state index in [-0.39, 0.29) is 11.7 Å². The highest BCUT2D eigenvalue weighted by atomic mass is 32.2. The molecule has 0 aliphatic carbocycles. The van der Waals surface area contributed by atoms with Gasteiger partial charge in [0.05, 0.1) is 26.2 Å². The summed E-state index contributed by atoms with van der Waals surface area (Å²) in [5.41, 5.74) is 6.03. The Morgan fingerprint density at radius 2 is 1.72 bits per heavy atom. The molecule has 0 spiro atoms. The fourth-order valence-electron chi connectivity index (χ4n) is 3.56. The normalized spacial score (nSPS) is 10.9. The van der Waals surface area contributed by atoms with Gasteiger partial charge in [-0.3, -0.25) is 14.2 Å². The third kappa shape index (κ3) is 7.02. The molecule has 39 heavy (non-hydrogen) atoms. The molecule has 200 valence electrons. The Kier molecular flexibility index (Phi) is 8.95. The highest BCUT2D eigenvalue weighted by Gasteiger charge is 2.17. The average Bonchev–Trinajstić information content (AvgIpc) is 3.36. The van der Waals surface area contributed by atoms with E-state index in [2.05, 4.69) is 20.7 Å². The minimum absolute atomic E-state index is 0.0681. The lowest BCUT2D eigenvalue weighted by molar-refractivity contribution is -0.132. The Morgan fingerprint density at radius 3 is 2.38 bits per heavy atom. The van der Waals surface area contributed by atoms with E-state index in [0.717, 1.165) is 22.6 Å². The summed E-state index contributed by atoms with van der Waals surface area (Å²) in [6.07, 6.45) is 1.47. The second-order valence-electron chi connectivity index (χ2n) is 8.29. The summed E-state index contributed by atoms with van der Waals surface area (Å²) in [7, 11) is 3.09. The van der Waals surface area contributed by atoms with Gasteiger partial charge in [0.25, 0.3) is 5.91 Å². The van der Waals surface area contributed by atoms with Crippen LogP contribution in [0.4, 0.5) is 0 Å². The molecule has 0 radical (unpaired) electrons. The molecule has 0 unspecified atom stereocenters. The maximum absolute atomic E-state index is 12.5. The Bertz CT molecular complexity index is 1480. The molecule has 1 N–H and O–H groups in total. The lowest BCUT2D eigenvalue weighted by atomic mass is 10.2. The third-order valence-corrected chi connectivity index (χ3v) is 6.38. The van der Waals surface area contributed by atoms with Crippen molar-refractivity contribution < 1.29 is 23.8 Å². The van der Waals surface area contributed by atoms with Gasteiger partial charge in [0.2, 0.25) is 0 Å². The van der Waals surface area contributed by atoms with Gasteiger partial charge in [-0.2, -0.15) is 5.10 Å². The van der Waals surface area contributed by atoms with E-state index in [9.17, 15) is 9.59 Å². The number of thioether (sulfide) groups is 1. The number of amides is 1. The van der Waals surface area contributed by atoms with Crippen LogP contribution in [0.15, 0.2) is 77.0 Å². The van der Waals surface area contributed by atoms with Gasteiger partial charge < -0.3 is 14.2 Å². The number of hydrogen-bond acceptors (Lipinski definition) is 9. The molecule has 10 nitrogen and oxygen atoms in total. The van der Waals surface area contributed by atoms with Gasteiger partial charge in [0.1, 0.15) is 5.75 Å². The molecule has 0 atom stereocenters. The van der Waals surface area contributed by atoms with Gasteiger partial charge in [-0.05, 0) is 67.1 Å². The number of carbonyl (C=O) groups excluding carboxylic acids is 2. The maximum atomic E-state index is 12.5. The molecule has 4 aromatic rings. The zero-order valence-electron chi connectivity index (χ0n) is 21.9. The van der Waals surface area contributed by atoms with Gasteiger partial charge in [-0.15, -0.1) is 10.2 Å². The van der Waals surface area contributed by atoms with Crippen molar-refractivity contribution in [2.75, 3.05) is 20.0 Å². The van der Waals surface area contributed by atoms with Crippen LogP contribution in [0.1, 0.15) is 18.1 Å². The molecule has 0 saturated carbocycles. The van der Waals surface area contributed by atoms with Crippen molar-refractivity contribution in [3.05, 3.63) is 77.9 Å². The van der Waals surface area contributed by atoms with E-state index in [1.54, 1.807) is 25.3 Å². The highest BCUT2D eigenvalue weighted by Crippen LogP contribution is 2.30. The fourth-order valence-corrected chi connectivity index (χ4v) is 4.31. The first-order chi connectivity index (χ1) is 18.9. The summed E-state index contributed by atoms with van der Waals surface area (Å²) in [5, 5.41) is 13.4. The smallest absolute Gasteiger partial charge is 0.308 e. The summed E-state index contributed by atoms with van der Waals surface area (Å²) in [6.45, 7) is 3.33. The lowest BCUT2D eigenvalue weighted by Crippen LogP contribution is -2.20. The molecule has 0 aliphatic rings. The minimum atomic E-state index is -0.450. The molecule has 1 heterocycles. The number of ether oxygens (including phenoxy) is 3. The molecule has 3 aromatic carbocycles. The number of hydrazone groups is 1. The Hall–Kier alpha value is -4.64. The first-order valence-corrected chi connectivity index (χ1v) is 12.8. The van der Waals surface area contributed by atoms with Crippen LogP contribution >= 0.6 is 11.8 Å². The van der Waals surface area contributed by atoms with Crippen molar-refractivity contribution in [3.8, 4) is 34.3 Å². The van der Waals surface area contributed by atoms with Crippen LogP contribution in [0.5, 0.6) is 17.2 Å². The molecule has 0 fully saturated rings. The summed E-state index contributed by atoms with van der Waals surface area (Å²) in [6, 6.07) is 20.5. The first kappa shape index (κ1) is 27.4. The van der Waals surface area contributed by atoms with Gasteiger partial charge in [0, 0.05) is 18.2 Å². The van der Waals surface area contributed by atoms with Crippen LogP contribution in [-0.4, -0.2) is 52.8 Å². The topological polar surface area (TPSA) is 117 Å². The predicted octanol–water partition coefficient (Wildman–Crippen LogP) is 4.43. The molecule has 4 rings (SSSR count). The molecule has 0 saturated heterocycles. The number of nitrogens with zero attached hydrogens (tertiary/aromatic N) is 4. The number of hydrogen-bond donors (Lipinski definition) is 1. The summed E-state index contributed by atoms with van der Waals surface area (Å²) >= 11 is 1.25. The molecule has 1 amide bonds. The molecule has 0 aliphatic heterocycles. The van der Waals surface area contributed by atoms with Gasteiger partial charge in [-0.25, -0.2) is 5.43 Å². The van der Waals surface area contributed by atoms with Crippen LogP contribution < -0.4 is 19.6 Å². The Balaban J connectivity index is 1.46. The number of methoxy groups -OCH3 is 2. The van der Waals surface area contributed by atoms with Gasteiger partial charge >= 0.3 is 5.97 Å². The van der Waals surface area contributed by atoms with Crippen molar-refractivity contribution >= 4 is 29.9 Å². The van der Waals surface area contributed by atoms with Crippen LogP contribution in [0.3, 0.4) is 0 Å². The Labute approximate surface area is 230 Å². The number of esters is 1. The molecular weight excluding hydrogens is 518 g/mol. The van der Waals surface area contributed by atoms with Crippen molar-refractivity contribution in [2.24, 2.45) is 5.10 Å². The van der Waals surface area contributed by atoms with E-state index in [1.807, 2.05) is 60.0 Å². The van der Waals surface area contributed by atoms with Crippen molar-refractivity contribution in [3.63, 3.8) is 0 Å². The molecule has 11 heteroatoms. The van der Waals surface area contributed by atoms with E-state index < -0.39 is 5.97 Å². The SMILES string of the molecule is COc1ccc(-c2nnc(SCC(=O)N/N=C/c3ccc(OC(C)=O)c(OC)c3)n2-c2ccc(C)cc2)cc1. The number of aryl methyl sites for hydroxylation is 1. The zero-order chi connectivity index (χ0) is 27.8. The highest BCUT2D eigenvalue weighted by molar-refractivity contribution is 7.99. The third-order valence-electron chi connectivity index (χ3n) is 5.45. The summed E-state index contributed by atoms with van der Waals surface area (Å²) < 4.78 is 17.5. The number of aromatic nitrogens is 3. The van der Waals surface area contributed by atoms with E-state index >= 15 is 0 Å². The second kappa shape index (κ2) is 12.7. The van der Waals surface area contributed by atoms with Gasteiger partial charge in [-0.1, -0.05) is 29.5 Å². The quantitative estimate of drug-likeness (QED) is 0.102. The van der Waals surface area contributed by atoms with Crippen molar-refractivity contribution in [1.82, 2.24) is 20.2 Å². The first-order valence-electron chi connectivity index (χ1n) is 11.9. The molecular formula is C28H27N5O5S. The number of nitrogens with one attached hydrogen (secondary N) is 1. The Morgan fingerprint density at radius 1 is 0.974 bits per heavy atom. The predicted molar refractivity (Wildman–Crippen MR) is 149 cm³/mol. The van der Waals surface area contributed by atoms with Crippen molar-refractivity contribution in [1.29, 1.82) is 0 Å². The summed E-state index contributed by atoms with van der Waals surface area (Å²) in [5.74, 6) is 1.37. The minimum Gasteiger partial charge on any atom is -0.497 e. The summed E-state index contributed by atoms with van der Waals surface area (Å²) in [4.78, 5) is 23.8. The molecule has 1 aromatic heterocycles. The number of rotatable bonds is 10. The van der Waals surface area contributed by atoms with E-state index in [1.165, 1.54) is 32.0 Å². The lowest BCUT2D eigenvalue weighted by Gasteiger charge is -2.11. The van der Waals surface area contributed by atoms with Crippen LogP contribution in [-0.2, 0) is 9.59 Å². The second-order valence-corrected chi connectivity index (χ2v) is 9.23. The van der Waals surface area contributed by atoms with Gasteiger partial charge in [0.15, 0.2) is 22.5 Å². The van der Waals surface area contributed by atoms with E-state index in [4.69, 9.17) is 14.2 Å². The van der Waals surface area contributed by atoms with Crippen molar-refractivity contribution in [2.45, 2.75) is 19.0 Å². The average molecular weight is 546 g/mol. The molecule has 0 bridgehead atoms. The maximum Gasteiger partial charge on any atom is 0.308 e.